The van der Waals surface area contributed by atoms with E-state index in [0.717, 1.165) is 0 Å². The maximum atomic E-state index is 11.9. The Kier molecular flexibility index (Phi) is 3.84. The minimum atomic E-state index is -0.457. The van der Waals surface area contributed by atoms with Gasteiger partial charge in [0.25, 0.3) is 0 Å². The predicted octanol–water partition coefficient (Wildman–Crippen LogP) is 1.51. The SMILES string of the molecule is CCN(C)C(=O)NC1[C@@H]2CN(C(=O)OC(C)(C)C)C[C@@H]12. The third-order valence-electron chi connectivity index (χ3n) is 3.96. The Morgan fingerprint density at radius 3 is 2.30 bits per heavy atom. The average molecular weight is 283 g/mol. The molecule has 0 aromatic carbocycles. The van der Waals surface area contributed by atoms with Gasteiger partial charge in [0.2, 0.25) is 0 Å². The number of likely N-dealkylation sites (tertiary alicyclic amines) is 1. The summed E-state index contributed by atoms with van der Waals surface area (Å²) in [5.74, 6) is 0.772. The molecule has 2 fully saturated rings. The highest BCUT2D eigenvalue weighted by Crippen LogP contribution is 2.45. The quantitative estimate of drug-likeness (QED) is 0.835. The number of rotatable bonds is 2. The van der Waals surface area contributed by atoms with Crippen molar-refractivity contribution in [3.63, 3.8) is 0 Å². The minimum absolute atomic E-state index is 0.0317. The fourth-order valence-electron chi connectivity index (χ4n) is 2.61. The lowest BCUT2D eigenvalue weighted by Crippen LogP contribution is -2.43. The molecule has 2 rings (SSSR count). The van der Waals surface area contributed by atoms with Crippen molar-refractivity contribution in [1.29, 1.82) is 0 Å². The minimum Gasteiger partial charge on any atom is -0.444 e. The summed E-state index contributed by atoms with van der Waals surface area (Å²) >= 11 is 0. The molecule has 2 aliphatic rings. The van der Waals surface area contributed by atoms with E-state index >= 15 is 0 Å². The second-order valence-electron chi connectivity index (χ2n) is 6.70. The maximum absolute atomic E-state index is 11.9. The molecule has 1 aliphatic carbocycles. The van der Waals surface area contributed by atoms with Crippen molar-refractivity contribution in [1.82, 2.24) is 15.1 Å². The van der Waals surface area contributed by atoms with Gasteiger partial charge in [-0.05, 0) is 27.7 Å². The molecule has 1 N–H and O–H groups in total. The zero-order valence-electron chi connectivity index (χ0n) is 13.0. The second-order valence-corrected chi connectivity index (χ2v) is 6.70. The Labute approximate surface area is 120 Å². The topological polar surface area (TPSA) is 61.9 Å². The second kappa shape index (κ2) is 5.14. The molecule has 0 unspecified atom stereocenters. The van der Waals surface area contributed by atoms with E-state index in [1.165, 1.54) is 0 Å². The Morgan fingerprint density at radius 1 is 1.30 bits per heavy atom. The van der Waals surface area contributed by atoms with E-state index in [0.29, 0.717) is 31.5 Å². The Bertz CT molecular complexity index is 393. The molecule has 1 saturated heterocycles. The molecule has 6 heteroatoms. The normalized spacial score (nSPS) is 27.9. The number of nitrogens with one attached hydrogen (secondary N) is 1. The Morgan fingerprint density at radius 2 is 1.85 bits per heavy atom. The number of ether oxygens (including phenoxy) is 1. The van der Waals surface area contributed by atoms with Crippen LogP contribution >= 0.6 is 0 Å². The van der Waals surface area contributed by atoms with Crippen molar-refractivity contribution in [3.8, 4) is 0 Å². The number of piperidine rings is 1. The van der Waals surface area contributed by atoms with Crippen LogP contribution in [0.5, 0.6) is 0 Å². The van der Waals surface area contributed by atoms with Gasteiger partial charge in [-0.15, -0.1) is 0 Å². The highest BCUT2D eigenvalue weighted by atomic mass is 16.6. The molecule has 1 heterocycles. The summed E-state index contributed by atoms with van der Waals surface area (Å²) in [6.45, 7) is 9.60. The van der Waals surface area contributed by atoms with Crippen molar-refractivity contribution < 1.29 is 14.3 Å². The van der Waals surface area contributed by atoms with Crippen LogP contribution < -0.4 is 5.32 Å². The van der Waals surface area contributed by atoms with Gasteiger partial charge in [0, 0.05) is 44.6 Å². The van der Waals surface area contributed by atoms with Crippen molar-refractivity contribution in [2.45, 2.75) is 39.3 Å². The average Bonchev–Trinajstić information content (AvgIpc) is 2.80. The van der Waals surface area contributed by atoms with Crippen LogP contribution in [0.15, 0.2) is 0 Å². The molecule has 0 aromatic rings. The summed E-state index contributed by atoms with van der Waals surface area (Å²) in [5, 5.41) is 3.02. The predicted molar refractivity (Wildman–Crippen MR) is 75.4 cm³/mol. The molecule has 0 radical (unpaired) electrons. The molecular formula is C14H25N3O3. The highest BCUT2D eigenvalue weighted by molar-refractivity contribution is 5.75. The van der Waals surface area contributed by atoms with Gasteiger partial charge >= 0.3 is 12.1 Å². The molecule has 20 heavy (non-hydrogen) atoms. The van der Waals surface area contributed by atoms with Crippen molar-refractivity contribution in [2.24, 2.45) is 11.8 Å². The van der Waals surface area contributed by atoms with Crippen LogP contribution in [0.25, 0.3) is 0 Å². The van der Waals surface area contributed by atoms with Gasteiger partial charge in [-0.2, -0.15) is 0 Å². The summed E-state index contributed by atoms with van der Waals surface area (Å²) in [5.41, 5.74) is -0.457. The van der Waals surface area contributed by atoms with E-state index in [1.54, 1.807) is 16.8 Å². The van der Waals surface area contributed by atoms with Crippen LogP contribution in [0.2, 0.25) is 0 Å². The van der Waals surface area contributed by atoms with Crippen molar-refractivity contribution >= 4 is 12.1 Å². The molecule has 3 amide bonds. The van der Waals surface area contributed by atoms with E-state index in [9.17, 15) is 9.59 Å². The largest absolute Gasteiger partial charge is 0.444 e. The van der Waals surface area contributed by atoms with Gasteiger partial charge in [0.15, 0.2) is 0 Å². The summed E-state index contributed by atoms with van der Waals surface area (Å²) in [7, 11) is 1.78. The van der Waals surface area contributed by atoms with Gasteiger partial charge in [-0.3, -0.25) is 0 Å². The molecular weight excluding hydrogens is 258 g/mol. The lowest BCUT2D eigenvalue weighted by Gasteiger charge is -2.26. The lowest BCUT2D eigenvalue weighted by atomic mass is 10.2. The van der Waals surface area contributed by atoms with Crippen LogP contribution in [-0.4, -0.2) is 60.2 Å². The maximum Gasteiger partial charge on any atom is 0.410 e. The van der Waals surface area contributed by atoms with Crippen molar-refractivity contribution in [2.75, 3.05) is 26.7 Å². The summed E-state index contributed by atoms with van der Waals surface area (Å²) in [6.07, 6.45) is -0.250. The zero-order valence-corrected chi connectivity index (χ0v) is 13.0. The number of hydrogen-bond acceptors (Lipinski definition) is 3. The first-order valence-corrected chi connectivity index (χ1v) is 7.22. The molecule has 1 saturated carbocycles. The number of carbonyl (C=O) groups is 2. The first kappa shape index (κ1) is 14.9. The Hall–Kier alpha value is -1.46. The first-order chi connectivity index (χ1) is 9.23. The molecule has 1 aliphatic heterocycles. The van der Waals surface area contributed by atoms with Crippen LogP contribution in [0, 0.1) is 11.8 Å². The number of fused-ring (bicyclic) bond motifs is 1. The summed E-state index contributed by atoms with van der Waals surface area (Å²) < 4.78 is 5.35. The van der Waals surface area contributed by atoms with E-state index in [1.807, 2.05) is 27.7 Å². The van der Waals surface area contributed by atoms with Crippen LogP contribution in [0.1, 0.15) is 27.7 Å². The van der Waals surface area contributed by atoms with Crippen molar-refractivity contribution in [3.05, 3.63) is 0 Å². The third-order valence-corrected chi connectivity index (χ3v) is 3.96. The van der Waals surface area contributed by atoms with E-state index in [-0.39, 0.29) is 18.2 Å². The standard InChI is InChI=1S/C14H25N3O3/c1-6-16(5)12(18)15-11-9-7-17(8-10(9)11)13(19)20-14(2,3)4/h9-11H,6-8H2,1-5H3,(H,15,18)/t9-,10-/m1/s1. The summed E-state index contributed by atoms with van der Waals surface area (Å²) in [4.78, 5) is 27.1. The summed E-state index contributed by atoms with van der Waals surface area (Å²) in [6, 6.07) is 0.186. The number of carbonyl (C=O) groups excluding carboxylic acids is 2. The monoisotopic (exact) mass is 283 g/mol. The van der Waals surface area contributed by atoms with Gasteiger partial charge in [-0.25, -0.2) is 9.59 Å². The lowest BCUT2D eigenvalue weighted by molar-refractivity contribution is 0.0270. The molecule has 6 nitrogen and oxygen atoms in total. The third kappa shape index (κ3) is 3.16. The number of amides is 3. The van der Waals surface area contributed by atoms with Gasteiger partial charge in [0.1, 0.15) is 5.60 Å². The number of urea groups is 1. The molecule has 0 bridgehead atoms. The first-order valence-electron chi connectivity index (χ1n) is 7.22. The van der Waals surface area contributed by atoms with Gasteiger partial charge < -0.3 is 19.9 Å². The molecule has 0 aromatic heterocycles. The molecule has 2 atom stereocenters. The van der Waals surface area contributed by atoms with Gasteiger partial charge in [-0.1, -0.05) is 0 Å². The number of hydrogen-bond donors (Lipinski definition) is 1. The van der Waals surface area contributed by atoms with E-state index in [2.05, 4.69) is 5.32 Å². The van der Waals surface area contributed by atoms with Crippen LogP contribution in [0.4, 0.5) is 9.59 Å². The zero-order chi connectivity index (χ0) is 15.1. The Balaban J connectivity index is 1.77. The fraction of sp³-hybridized carbons (Fsp3) is 0.857. The van der Waals surface area contributed by atoms with Gasteiger partial charge in [0.05, 0.1) is 0 Å². The highest BCUT2D eigenvalue weighted by Gasteiger charge is 2.58. The fourth-order valence-corrected chi connectivity index (χ4v) is 2.61. The van der Waals surface area contributed by atoms with E-state index in [4.69, 9.17) is 4.74 Å². The van der Waals surface area contributed by atoms with Crippen LogP contribution in [-0.2, 0) is 4.74 Å². The van der Waals surface area contributed by atoms with Crippen LogP contribution in [0.3, 0.4) is 0 Å². The smallest absolute Gasteiger partial charge is 0.410 e. The molecule has 114 valence electrons. The van der Waals surface area contributed by atoms with E-state index < -0.39 is 5.60 Å². The molecule has 0 spiro atoms. The number of nitrogens with zero attached hydrogens (tertiary/aromatic N) is 2.